The minimum Gasteiger partial charge on any atom is -0.508 e. The number of aliphatic hydroxyl groups is 1. The molecule has 0 saturated heterocycles. The van der Waals surface area contributed by atoms with E-state index in [0.717, 1.165) is 16.1 Å². The summed E-state index contributed by atoms with van der Waals surface area (Å²) >= 11 is 1.48. The molecule has 1 atom stereocenters. The molecule has 96 valence electrons. The van der Waals surface area contributed by atoms with Crippen molar-refractivity contribution in [3.8, 4) is 5.75 Å². The smallest absolute Gasteiger partial charge is 0.156 e. The summed E-state index contributed by atoms with van der Waals surface area (Å²) in [5.41, 5.74) is 1.93. The van der Waals surface area contributed by atoms with Crippen LogP contribution in [0.25, 0.3) is 6.08 Å². The molecule has 3 nitrogen and oxygen atoms in total. The maximum absolute atomic E-state index is 10.2. The molecular weight excluding hydrogens is 258 g/mol. The lowest BCUT2D eigenvalue weighted by Crippen LogP contribution is -2.26. The first kappa shape index (κ1) is 12.1. The van der Waals surface area contributed by atoms with E-state index < -0.39 is 6.23 Å². The van der Waals surface area contributed by atoms with Crippen molar-refractivity contribution in [1.82, 2.24) is 0 Å². The molecule has 0 amide bonds. The Morgan fingerprint density at radius 3 is 2.53 bits per heavy atom. The molecular formula is C15H13NO2S. The molecule has 0 saturated carbocycles. The average Bonchev–Trinajstić information content (AvgIpc) is 2.60. The summed E-state index contributed by atoms with van der Waals surface area (Å²) in [6.45, 7) is 0. The Hall–Kier alpha value is -1.91. The third kappa shape index (κ3) is 2.45. The number of rotatable bonds is 1. The molecule has 0 aliphatic carbocycles. The quantitative estimate of drug-likeness (QED) is 0.781. The van der Waals surface area contributed by atoms with Crippen molar-refractivity contribution in [2.24, 2.45) is 0 Å². The zero-order chi connectivity index (χ0) is 13.2. The van der Waals surface area contributed by atoms with E-state index in [1.54, 1.807) is 30.3 Å². The van der Waals surface area contributed by atoms with Crippen LogP contribution < -0.4 is 4.31 Å². The van der Waals surface area contributed by atoms with E-state index in [0.29, 0.717) is 0 Å². The van der Waals surface area contributed by atoms with Crippen molar-refractivity contribution >= 4 is 23.7 Å². The lowest BCUT2D eigenvalue weighted by atomic mass is 10.2. The Bertz CT molecular complexity index is 610. The third-order valence-electron chi connectivity index (χ3n) is 2.91. The fourth-order valence-corrected chi connectivity index (χ4v) is 2.93. The highest BCUT2D eigenvalue weighted by molar-refractivity contribution is 8.00. The number of aromatic hydroxyl groups is 1. The van der Waals surface area contributed by atoms with Crippen molar-refractivity contribution in [3.63, 3.8) is 0 Å². The lowest BCUT2D eigenvalue weighted by Gasteiger charge is -2.25. The van der Waals surface area contributed by atoms with Gasteiger partial charge in [-0.3, -0.25) is 4.31 Å². The molecule has 0 radical (unpaired) electrons. The Labute approximate surface area is 115 Å². The lowest BCUT2D eigenvalue weighted by molar-refractivity contribution is 0.239. The predicted molar refractivity (Wildman–Crippen MR) is 77.9 cm³/mol. The van der Waals surface area contributed by atoms with Crippen molar-refractivity contribution in [1.29, 1.82) is 0 Å². The minimum atomic E-state index is -0.707. The summed E-state index contributed by atoms with van der Waals surface area (Å²) in [6.07, 6.45) is 2.97. The SMILES string of the molecule is Oc1ccc(N2Sc3ccccc3C=CC2O)cc1. The number of aliphatic hydroxyl groups excluding tert-OH is 1. The van der Waals surface area contributed by atoms with Gasteiger partial charge in [0.05, 0.1) is 5.69 Å². The molecule has 0 spiro atoms. The summed E-state index contributed by atoms with van der Waals surface area (Å²) in [7, 11) is 0. The van der Waals surface area contributed by atoms with Crippen LogP contribution in [0.15, 0.2) is 59.5 Å². The molecule has 0 aromatic heterocycles. The maximum Gasteiger partial charge on any atom is 0.156 e. The van der Waals surface area contributed by atoms with Crippen LogP contribution in [0.4, 0.5) is 5.69 Å². The Balaban J connectivity index is 1.98. The van der Waals surface area contributed by atoms with Gasteiger partial charge in [0.2, 0.25) is 0 Å². The molecule has 2 aromatic rings. The standard InChI is InChI=1S/C15H13NO2S/c17-13-8-6-12(7-9-13)16-15(18)10-5-11-3-1-2-4-14(11)19-16/h1-10,15,17-18H. The van der Waals surface area contributed by atoms with Gasteiger partial charge >= 0.3 is 0 Å². The number of phenols is 1. The number of nitrogens with zero attached hydrogens (tertiary/aromatic N) is 1. The normalized spacial score (nSPS) is 17.9. The molecule has 1 aliphatic rings. The third-order valence-corrected chi connectivity index (χ3v) is 4.10. The molecule has 4 heteroatoms. The fourth-order valence-electron chi connectivity index (χ4n) is 1.93. The van der Waals surface area contributed by atoms with Gasteiger partial charge in [0.25, 0.3) is 0 Å². The number of anilines is 1. The van der Waals surface area contributed by atoms with Gasteiger partial charge in [-0.1, -0.05) is 24.3 Å². The highest BCUT2D eigenvalue weighted by Crippen LogP contribution is 2.36. The minimum absolute atomic E-state index is 0.217. The van der Waals surface area contributed by atoms with Crippen LogP contribution in [0.3, 0.4) is 0 Å². The first-order valence-electron chi connectivity index (χ1n) is 5.95. The van der Waals surface area contributed by atoms with Gasteiger partial charge in [0.1, 0.15) is 5.75 Å². The first-order valence-corrected chi connectivity index (χ1v) is 6.73. The van der Waals surface area contributed by atoms with E-state index >= 15 is 0 Å². The van der Waals surface area contributed by atoms with Gasteiger partial charge in [0.15, 0.2) is 6.23 Å². The van der Waals surface area contributed by atoms with Crippen LogP contribution in [0.5, 0.6) is 5.75 Å². The van der Waals surface area contributed by atoms with Gasteiger partial charge in [-0.25, -0.2) is 0 Å². The second-order valence-electron chi connectivity index (χ2n) is 4.24. The molecule has 1 aliphatic heterocycles. The largest absolute Gasteiger partial charge is 0.508 e. The number of hydrogen-bond donors (Lipinski definition) is 2. The van der Waals surface area contributed by atoms with Gasteiger partial charge in [-0.05, 0) is 53.9 Å². The topological polar surface area (TPSA) is 43.7 Å². The van der Waals surface area contributed by atoms with Gasteiger partial charge < -0.3 is 10.2 Å². The molecule has 3 rings (SSSR count). The molecule has 0 bridgehead atoms. The van der Waals surface area contributed by atoms with Crippen LogP contribution in [0.2, 0.25) is 0 Å². The summed E-state index contributed by atoms with van der Waals surface area (Å²) in [5, 5.41) is 19.5. The van der Waals surface area contributed by atoms with Crippen molar-refractivity contribution in [2.75, 3.05) is 4.31 Å². The van der Waals surface area contributed by atoms with Gasteiger partial charge in [-0.15, -0.1) is 0 Å². The molecule has 2 aromatic carbocycles. The second kappa shape index (κ2) is 4.99. The van der Waals surface area contributed by atoms with E-state index in [2.05, 4.69) is 0 Å². The van der Waals surface area contributed by atoms with Gasteiger partial charge in [-0.2, -0.15) is 0 Å². The Kier molecular flexibility index (Phi) is 3.19. The highest BCUT2D eigenvalue weighted by Gasteiger charge is 2.19. The predicted octanol–water partition coefficient (Wildman–Crippen LogP) is 3.25. The number of benzene rings is 2. The monoisotopic (exact) mass is 271 g/mol. The van der Waals surface area contributed by atoms with Crippen molar-refractivity contribution < 1.29 is 10.2 Å². The summed E-state index contributed by atoms with van der Waals surface area (Å²) in [4.78, 5) is 1.09. The number of fused-ring (bicyclic) bond motifs is 1. The second-order valence-corrected chi connectivity index (χ2v) is 5.26. The van der Waals surface area contributed by atoms with Crippen LogP contribution in [0.1, 0.15) is 5.56 Å². The van der Waals surface area contributed by atoms with E-state index in [1.165, 1.54) is 11.9 Å². The zero-order valence-electron chi connectivity index (χ0n) is 10.1. The van der Waals surface area contributed by atoms with Crippen LogP contribution in [-0.4, -0.2) is 16.4 Å². The fraction of sp³-hybridized carbons (Fsp3) is 0.0667. The summed E-state index contributed by atoms with van der Waals surface area (Å²) < 4.78 is 1.81. The first-order chi connectivity index (χ1) is 9.24. The van der Waals surface area contributed by atoms with Crippen molar-refractivity contribution in [2.45, 2.75) is 11.1 Å². The molecule has 1 heterocycles. The van der Waals surface area contributed by atoms with Crippen LogP contribution >= 0.6 is 11.9 Å². The van der Waals surface area contributed by atoms with E-state index in [-0.39, 0.29) is 5.75 Å². The highest BCUT2D eigenvalue weighted by atomic mass is 32.2. The molecule has 19 heavy (non-hydrogen) atoms. The van der Waals surface area contributed by atoms with Crippen LogP contribution in [-0.2, 0) is 0 Å². The van der Waals surface area contributed by atoms with E-state index in [4.69, 9.17) is 0 Å². The average molecular weight is 271 g/mol. The molecule has 2 N–H and O–H groups in total. The zero-order valence-corrected chi connectivity index (χ0v) is 10.9. The molecule has 0 fully saturated rings. The van der Waals surface area contributed by atoms with Crippen LogP contribution in [0, 0.1) is 0 Å². The maximum atomic E-state index is 10.2. The Morgan fingerprint density at radius 1 is 1.00 bits per heavy atom. The number of phenolic OH excluding ortho intramolecular Hbond substituents is 1. The van der Waals surface area contributed by atoms with E-state index in [1.807, 2.05) is 34.6 Å². The summed E-state index contributed by atoms with van der Waals surface area (Å²) in [6, 6.07) is 14.8. The van der Waals surface area contributed by atoms with E-state index in [9.17, 15) is 10.2 Å². The van der Waals surface area contributed by atoms with Crippen molar-refractivity contribution in [3.05, 3.63) is 60.2 Å². The summed E-state index contributed by atoms with van der Waals surface area (Å²) in [5.74, 6) is 0.217. The van der Waals surface area contributed by atoms with Gasteiger partial charge in [0, 0.05) is 4.90 Å². The number of hydrogen-bond acceptors (Lipinski definition) is 4. The Morgan fingerprint density at radius 2 is 1.74 bits per heavy atom. The molecule has 1 unspecified atom stereocenters.